The highest BCUT2D eigenvalue weighted by atomic mass is 16.3. The molecule has 0 radical (unpaired) electrons. The number of fused-ring (bicyclic) bond motifs is 5. The monoisotopic (exact) mass is 270 g/mol. The molecule has 106 valence electrons. The number of Topliss-reactive ketones (excluding diaryl/α,β-unsaturated/α-hetero) is 1. The smallest absolute Gasteiger partial charge is 0.139 e. The van der Waals surface area contributed by atoms with Gasteiger partial charge in [0.05, 0.1) is 0 Å². The van der Waals surface area contributed by atoms with Gasteiger partial charge in [-0.15, -0.1) is 0 Å². The van der Waals surface area contributed by atoms with Crippen LogP contribution in [0, 0.1) is 17.3 Å². The molecule has 3 aliphatic carbocycles. The molecule has 4 rings (SSSR count). The van der Waals surface area contributed by atoms with E-state index in [1.165, 1.54) is 17.5 Å². The Hall–Kier alpha value is -1.31. The lowest BCUT2D eigenvalue weighted by atomic mass is 9.55. The average Bonchev–Trinajstić information content (AvgIpc) is 2.74. The molecule has 0 aromatic heterocycles. The largest absolute Gasteiger partial charge is 0.508 e. The van der Waals surface area contributed by atoms with Crippen LogP contribution < -0.4 is 0 Å². The summed E-state index contributed by atoms with van der Waals surface area (Å²) in [5, 5.41) is 9.67. The molecule has 1 unspecified atom stereocenters. The highest BCUT2D eigenvalue weighted by Crippen LogP contribution is 2.59. The van der Waals surface area contributed by atoms with Crippen molar-refractivity contribution in [2.75, 3.05) is 0 Å². The van der Waals surface area contributed by atoms with Crippen LogP contribution in [0.5, 0.6) is 5.75 Å². The van der Waals surface area contributed by atoms with E-state index in [1.54, 1.807) is 0 Å². The summed E-state index contributed by atoms with van der Waals surface area (Å²) in [7, 11) is 0. The lowest BCUT2D eigenvalue weighted by Crippen LogP contribution is -2.42. The molecule has 0 amide bonds. The first-order valence-electron chi connectivity index (χ1n) is 7.95. The molecule has 0 spiro atoms. The topological polar surface area (TPSA) is 37.3 Å². The van der Waals surface area contributed by atoms with Crippen molar-refractivity contribution in [2.45, 2.75) is 51.4 Å². The van der Waals surface area contributed by atoms with Gasteiger partial charge in [-0.2, -0.15) is 0 Å². The maximum Gasteiger partial charge on any atom is 0.139 e. The molecule has 0 bridgehead atoms. The van der Waals surface area contributed by atoms with Crippen molar-refractivity contribution in [1.82, 2.24) is 0 Å². The summed E-state index contributed by atoms with van der Waals surface area (Å²) in [5.74, 6) is 2.78. The van der Waals surface area contributed by atoms with Crippen molar-refractivity contribution in [3.05, 3.63) is 29.3 Å². The Balaban J connectivity index is 1.73. The van der Waals surface area contributed by atoms with Gasteiger partial charge >= 0.3 is 0 Å². The van der Waals surface area contributed by atoms with Crippen molar-refractivity contribution in [2.24, 2.45) is 17.3 Å². The quantitative estimate of drug-likeness (QED) is 0.778. The Morgan fingerprint density at radius 1 is 1.20 bits per heavy atom. The van der Waals surface area contributed by atoms with Gasteiger partial charge in [0, 0.05) is 11.8 Å². The molecule has 1 aromatic rings. The summed E-state index contributed by atoms with van der Waals surface area (Å²) in [6.07, 6.45) is 6.34. The van der Waals surface area contributed by atoms with Gasteiger partial charge in [-0.05, 0) is 73.1 Å². The van der Waals surface area contributed by atoms with Crippen LogP contribution in [0.4, 0.5) is 0 Å². The number of phenols is 1. The first-order valence-corrected chi connectivity index (χ1v) is 7.95. The summed E-state index contributed by atoms with van der Waals surface area (Å²) < 4.78 is 0. The lowest BCUT2D eigenvalue weighted by Gasteiger charge is -2.48. The number of carbonyl (C=O) groups is 1. The minimum absolute atomic E-state index is 0.0322. The highest BCUT2D eigenvalue weighted by Gasteiger charge is 2.54. The Morgan fingerprint density at radius 3 is 2.90 bits per heavy atom. The summed E-state index contributed by atoms with van der Waals surface area (Å²) in [5.41, 5.74) is 2.75. The van der Waals surface area contributed by atoms with E-state index in [9.17, 15) is 9.90 Å². The number of rotatable bonds is 0. The van der Waals surface area contributed by atoms with Gasteiger partial charge in [0.25, 0.3) is 0 Å². The molecule has 1 N–H and O–H groups in total. The van der Waals surface area contributed by atoms with E-state index >= 15 is 0 Å². The Kier molecular flexibility index (Phi) is 2.55. The standard InChI is InChI=1S/C18H22O2/c1-18-9-8-14-13-5-3-12(19)10-11(13)2-4-15(14)16(18)6-7-17(18)20/h3,5,10,14-16,19H,2,4,6-9H2,1H3/t14-,15-,16?,18+/m1/s1. The number of hydrogen-bond donors (Lipinski definition) is 1. The molecule has 20 heavy (non-hydrogen) atoms. The Bertz CT molecular complexity index is 577. The first kappa shape index (κ1) is 12.4. The van der Waals surface area contributed by atoms with E-state index in [4.69, 9.17) is 0 Å². The van der Waals surface area contributed by atoms with E-state index < -0.39 is 0 Å². The maximum atomic E-state index is 12.3. The fraction of sp³-hybridized carbons (Fsp3) is 0.611. The van der Waals surface area contributed by atoms with Gasteiger partial charge < -0.3 is 5.11 Å². The lowest BCUT2D eigenvalue weighted by molar-refractivity contribution is -0.129. The second kappa shape index (κ2) is 4.09. The van der Waals surface area contributed by atoms with E-state index in [-0.39, 0.29) is 5.41 Å². The fourth-order valence-corrected chi connectivity index (χ4v) is 5.34. The van der Waals surface area contributed by atoms with Gasteiger partial charge in [0.2, 0.25) is 0 Å². The van der Waals surface area contributed by atoms with Crippen LogP contribution in [0.1, 0.15) is 56.1 Å². The van der Waals surface area contributed by atoms with Gasteiger partial charge in [0.1, 0.15) is 11.5 Å². The third kappa shape index (κ3) is 1.54. The summed E-state index contributed by atoms with van der Waals surface area (Å²) >= 11 is 0. The maximum absolute atomic E-state index is 12.3. The van der Waals surface area contributed by atoms with Crippen LogP contribution in [-0.2, 0) is 11.2 Å². The van der Waals surface area contributed by atoms with Crippen LogP contribution in [-0.4, -0.2) is 10.9 Å². The zero-order chi connectivity index (χ0) is 13.9. The Labute approximate surface area is 120 Å². The van der Waals surface area contributed by atoms with Crippen molar-refractivity contribution < 1.29 is 9.90 Å². The van der Waals surface area contributed by atoms with E-state index in [1.807, 2.05) is 12.1 Å². The summed E-state index contributed by atoms with van der Waals surface area (Å²) in [6.45, 7) is 2.22. The van der Waals surface area contributed by atoms with Crippen LogP contribution in [0.2, 0.25) is 0 Å². The second-order valence-corrected chi connectivity index (χ2v) is 7.22. The summed E-state index contributed by atoms with van der Waals surface area (Å²) in [6, 6.07) is 5.90. The summed E-state index contributed by atoms with van der Waals surface area (Å²) in [4.78, 5) is 12.3. The van der Waals surface area contributed by atoms with Gasteiger partial charge in [-0.25, -0.2) is 0 Å². The van der Waals surface area contributed by atoms with E-state index in [0.29, 0.717) is 29.3 Å². The molecule has 0 saturated heterocycles. The number of phenolic OH excluding ortho intramolecular Hbond substituents is 1. The second-order valence-electron chi connectivity index (χ2n) is 7.22. The zero-order valence-electron chi connectivity index (χ0n) is 12.1. The number of aromatic hydroxyl groups is 1. The van der Waals surface area contributed by atoms with Gasteiger partial charge in [-0.3, -0.25) is 4.79 Å². The predicted molar refractivity (Wildman–Crippen MR) is 77.7 cm³/mol. The minimum Gasteiger partial charge on any atom is -0.508 e. The minimum atomic E-state index is -0.0322. The molecular weight excluding hydrogens is 248 g/mol. The molecule has 3 aliphatic rings. The van der Waals surface area contributed by atoms with Crippen LogP contribution >= 0.6 is 0 Å². The van der Waals surface area contributed by atoms with Gasteiger partial charge in [-0.1, -0.05) is 13.0 Å². The molecular formula is C18H22O2. The molecule has 0 aliphatic heterocycles. The van der Waals surface area contributed by atoms with Crippen LogP contribution in [0.3, 0.4) is 0 Å². The predicted octanol–water partition coefficient (Wildman–Crippen LogP) is 3.82. The van der Waals surface area contributed by atoms with E-state index in [2.05, 4.69) is 13.0 Å². The third-order valence-corrected chi connectivity index (χ3v) is 6.42. The van der Waals surface area contributed by atoms with E-state index in [0.717, 1.165) is 32.1 Å². The molecule has 1 aromatic carbocycles. The molecule has 2 heteroatoms. The molecule has 2 saturated carbocycles. The fourth-order valence-electron chi connectivity index (χ4n) is 5.34. The molecule has 2 fully saturated rings. The van der Waals surface area contributed by atoms with Crippen molar-refractivity contribution in [3.63, 3.8) is 0 Å². The Morgan fingerprint density at radius 2 is 2.05 bits per heavy atom. The SMILES string of the molecule is C[C@]12CC[C@@H]3c4ccc(O)cc4CC[C@H]3C1CCC2=O. The number of benzene rings is 1. The van der Waals surface area contributed by atoms with Gasteiger partial charge in [0.15, 0.2) is 0 Å². The average molecular weight is 270 g/mol. The first-order chi connectivity index (χ1) is 9.59. The molecule has 4 atom stereocenters. The normalized spacial score (nSPS) is 39.0. The highest BCUT2D eigenvalue weighted by molar-refractivity contribution is 5.87. The van der Waals surface area contributed by atoms with Crippen molar-refractivity contribution >= 4 is 5.78 Å². The van der Waals surface area contributed by atoms with Crippen molar-refractivity contribution in [1.29, 1.82) is 0 Å². The number of hydrogen-bond acceptors (Lipinski definition) is 2. The number of aryl methyl sites for hydroxylation is 1. The molecule has 2 nitrogen and oxygen atoms in total. The van der Waals surface area contributed by atoms with Crippen LogP contribution in [0.15, 0.2) is 18.2 Å². The third-order valence-electron chi connectivity index (χ3n) is 6.42. The van der Waals surface area contributed by atoms with Crippen LogP contribution in [0.25, 0.3) is 0 Å². The number of carbonyl (C=O) groups excluding carboxylic acids is 1. The number of ketones is 1. The van der Waals surface area contributed by atoms with Crippen molar-refractivity contribution in [3.8, 4) is 5.75 Å². The molecule has 0 heterocycles. The zero-order valence-corrected chi connectivity index (χ0v) is 12.1.